The number of ether oxygens (including phenoxy) is 2. The Bertz CT molecular complexity index is 454. The highest BCUT2D eigenvalue weighted by Crippen LogP contribution is 2.29. The molecular formula is C16H27N3O2. The second-order valence-electron chi connectivity index (χ2n) is 6.32. The summed E-state index contributed by atoms with van der Waals surface area (Å²) >= 11 is 0. The Morgan fingerprint density at radius 3 is 2.95 bits per heavy atom. The van der Waals surface area contributed by atoms with Gasteiger partial charge in [0.25, 0.3) is 0 Å². The van der Waals surface area contributed by atoms with Crippen LogP contribution in [0, 0.1) is 5.92 Å². The molecule has 3 rings (SSSR count). The van der Waals surface area contributed by atoms with Gasteiger partial charge in [-0.15, -0.1) is 0 Å². The van der Waals surface area contributed by atoms with Gasteiger partial charge in [-0.2, -0.15) is 5.10 Å². The Balaban J connectivity index is 1.67. The second-order valence-corrected chi connectivity index (χ2v) is 6.32. The minimum absolute atomic E-state index is 0.412. The molecule has 5 nitrogen and oxygen atoms in total. The summed E-state index contributed by atoms with van der Waals surface area (Å²) < 4.78 is 13.1. The van der Waals surface area contributed by atoms with Crippen molar-refractivity contribution in [1.29, 1.82) is 0 Å². The third-order valence-corrected chi connectivity index (χ3v) is 4.58. The fourth-order valence-corrected chi connectivity index (χ4v) is 3.55. The van der Waals surface area contributed by atoms with Crippen molar-refractivity contribution in [2.75, 3.05) is 39.5 Å². The first-order valence-corrected chi connectivity index (χ1v) is 8.16. The van der Waals surface area contributed by atoms with E-state index in [2.05, 4.69) is 23.1 Å². The average molecular weight is 293 g/mol. The van der Waals surface area contributed by atoms with E-state index >= 15 is 0 Å². The van der Waals surface area contributed by atoms with Crippen LogP contribution in [0.2, 0.25) is 0 Å². The van der Waals surface area contributed by atoms with Gasteiger partial charge in [0.1, 0.15) is 0 Å². The summed E-state index contributed by atoms with van der Waals surface area (Å²) in [6.45, 7) is 8.76. The molecule has 2 aliphatic rings. The first kappa shape index (κ1) is 15.0. The summed E-state index contributed by atoms with van der Waals surface area (Å²) in [6.07, 6.45) is 4.57. The molecule has 1 aromatic rings. The highest BCUT2D eigenvalue weighted by molar-refractivity contribution is 5.24. The number of nitrogens with zero attached hydrogens (tertiary/aromatic N) is 3. The van der Waals surface area contributed by atoms with Gasteiger partial charge in [-0.05, 0) is 25.7 Å². The Kier molecular flexibility index (Phi) is 4.93. The van der Waals surface area contributed by atoms with E-state index in [-0.39, 0.29) is 0 Å². The third kappa shape index (κ3) is 3.65. The normalized spacial score (nSPS) is 24.2. The molecule has 21 heavy (non-hydrogen) atoms. The van der Waals surface area contributed by atoms with Gasteiger partial charge in [0.2, 0.25) is 0 Å². The van der Waals surface area contributed by atoms with E-state index in [0.717, 1.165) is 45.4 Å². The van der Waals surface area contributed by atoms with Crippen LogP contribution in [-0.4, -0.2) is 54.2 Å². The maximum Gasteiger partial charge on any atom is 0.0736 e. The van der Waals surface area contributed by atoms with Crippen LogP contribution in [0.25, 0.3) is 0 Å². The Morgan fingerprint density at radius 1 is 1.38 bits per heavy atom. The molecule has 3 heterocycles. The maximum absolute atomic E-state index is 5.68. The number of rotatable bonds is 5. The number of aryl methyl sites for hydroxylation is 1. The zero-order valence-corrected chi connectivity index (χ0v) is 13.3. The number of aromatic nitrogens is 2. The molecular weight excluding hydrogens is 266 g/mol. The highest BCUT2D eigenvalue weighted by Gasteiger charge is 2.29. The Labute approximate surface area is 127 Å². The monoisotopic (exact) mass is 293 g/mol. The van der Waals surface area contributed by atoms with Crippen molar-refractivity contribution in [1.82, 2.24) is 14.7 Å². The standard InChI is InChI=1S/C16H27N3O2/c1-3-20-12-15-11-19(8-13-4-6-21-7-5-13)10-14-9-18(2)17-16(14)15/h9,13,15H,3-8,10-12H2,1-2H3/t15-/m1/s1. The van der Waals surface area contributed by atoms with E-state index in [9.17, 15) is 0 Å². The van der Waals surface area contributed by atoms with Gasteiger partial charge in [-0.25, -0.2) is 0 Å². The largest absolute Gasteiger partial charge is 0.381 e. The van der Waals surface area contributed by atoms with Gasteiger partial charge < -0.3 is 9.47 Å². The molecule has 1 saturated heterocycles. The van der Waals surface area contributed by atoms with Crippen molar-refractivity contribution in [3.63, 3.8) is 0 Å². The number of fused-ring (bicyclic) bond motifs is 1. The molecule has 1 fully saturated rings. The van der Waals surface area contributed by atoms with Gasteiger partial charge in [0, 0.05) is 64.2 Å². The molecule has 5 heteroatoms. The lowest BCUT2D eigenvalue weighted by atomic mass is 9.94. The molecule has 0 amide bonds. The van der Waals surface area contributed by atoms with Gasteiger partial charge in [-0.3, -0.25) is 9.58 Å². The summed E-state index contributed by atoms with van der Waals surface area (Å²) in [5.74, 6) is 1.19. The zero-order valence-electron chi connectivity index (χ0n) is 13.3. The predicted octanol–water partition coefficient (Wildman–Crippen LogP) is 1.78. The van der Waals surface area contributed by atoms with Crippen molar-refractivity contribution in [3.05, 3.63) is 17.5 Å². The van der Waals surface area contributed by atoms with Gasteiger partial charge >= 0.3 is 0 Å². The predicted molar refractivity (Wildman–Crippen MR) is 81.3 cm³/mol. The topological polar surface area (TPSA) is 39.5 Å². The van der Waals surface area contributed by atoms with Crippen LogP contribution in [0.1, 0.15) is 36.9 Å². The van der Waals surface area contributed by atoms with Crippen LogP contribution in [0.3, 0.4) is 0 Å². The van der Waals surface area contributed by atoms with Crippen LogP contribution < -0.4 is 0 Å². The van der Waals surface area contributed by atoms with E-state index in [1.54, 1.807) is 0 Å². The molecule has 118 valence electrons. The number of hydrogen-bond donors (Lipinski definition) is 0. The smallest absolute Gasteiger partial charge is 0.0736 e. The van der Waals surface area contributed by atoms with Crippen LogP contribution in [-0.2, 0) is 23.1 Å². The molecule has 1 atom stereocenters. The molecule has 2 aliphatic heterocycles. The van der Waals surface area contributed by atoms with Crippen molar-refractivity contribution >= 4 is 0 Å². The molecule has 0 N–H and O–H groups in total. The van der Waals surface area contributed by atoms with Crippen LogP contribution in [0.5, 0.6) is 0 Å². The lowest BCUT2D eigenvalue weighted by Gasteiger charge is -2.35. The highest BCUT2D eigenvalue weighted by atomic mass is 16.5. The number of hydrogen-bond acceptors (Lipinski definition) is 4. The summed E-state index contributed by atoms with van der Waals surface area (Å²) in [5.41, 5.74) is 2.62. The van der Waals surface area contributed by atoms with E-state index in [0.29, 0.717) is 5.92 Å². The van der Waals surface area contributed by atoms with Crippen LogP contribution >= 0.6 is 0 Å². The summed E-state index contributed by atoms with van der Waals surface area (Å²) in [4.78, 5) is 2.59. The summed E-state index contributed by atoms with van der Waals surface area (Å²) in [5, 5.41) is 4.66. The molecule has 0 unspecified atom stereocenters. The second kappa shape index (κ2) is 6.90. The lowest BCUT2D eigenvalue weighted by molar-refractivity contribution is 0.0444. The van der Waals surface area contributed by atoms with Gasteiger partial charge in [0.05, 0.1) is 12.3 Å². The minimum atomic E-state index is 0.412. The first-order chi connectivity index (χ1) is 10.3. The van der Waals surface area contributed by atoms with Crippen LogP contribution in [0.15, 0.2) is 6.20 Å². The molecule has 0 saturated carbocycles. The van der Waals surface area contributed by atoms with Crippen molar-refractivity contribution in [2.45, 2.75) is 32.2 Å². The van der Waals surface area contributed by atoms with Gasteiger partial charge in [0.15, 0.2) is 0 Å². The van der Waals surface area contributed by atoms with Crippen molar-refractivity contribution in [2.24, 2.45) is 13.0 Å². The van der Waals surface area contributed by atoms with E-state index in [4.69, 9.17) is 9.47 Å². The molecule has 0 bridgehead atoms. The zero-order chi connectivity index (χ0) is 14.7. The molecule has 1 aromatic heterocycles. The third-order valence-electron chi connectivity index (χ3n) is 4.58. The minimum Gasteiger partial charge on any atom is -0.381 e. The quantitative estimate of drug-likeness (QED) is 0.829. The molecule has 0 radical (unpaired) electrons. The Morgan fingerprint density at radius 2 is 2.19 bits per heavy atom. The fraction of sp³-hybridized carbons (Fsp3) is 0.812. The fourth-order valence-electron chi connectivity index (χ4n) is 3.55. The SMILES string of the molecule is CCOC[C@H]1CN(CC2CCOCC2)Cc2cn(C)nc21. The Hall–Kier alpha value is -0.910. The average Bonchev–Trinajstić information content (AvgIpc) is 2.86. The summed E-state index contributed by atoms with van der Waals surface area (Å²) in [7, 11) is 2.01. The van der Waals surface area contributed by atoms with Crippen molar-refractivity contribution in [3.8, 4) is 0 Å². The van der Waals surface area contributed by atoms with E-state index < -0.39 is 0 Å². The van der Waals surface area contributed by atoms with Gasteiger partial charge in [-0.1, -0.05) is 0 Å². The molecule has 0 spiro atoms. The van der Waals surface area contributed by atoms with E-state index in [1.807, 2.05) is 11.7 Å². The summed E-state index contributed by atoms with van der Waals surface area (Å²) in [6, 6.07) is 0. The molecule has 0 aromatic carbocycles. The van der Waals surface area contributed by atoms with Crippen molar-refractivity contribution < 1.29 is 9.47 Å². The maximum atomic E-state index is 5.68. The lowest BCUT2D eigenvalue weighted by Crippen LogP contribution is -2.39. The molecule has 0 aliphatic carbocycles. The van der Waals surface area contributed by atoms with Crippen LogP contribution in [0.4, 0.5) is 0 Å². The first-order valence-electron chi connectivity index (χ1n) is 8.16. The van der Waals surface area contributed by atoms with E-state index in [1.165, 1.54) is 30.6 Å².